The second kappa shape index (κ2) is 3.68. The number of hydrogen-bond acceptors (Lipinski definition) is 2. The lowest BCUT2D eigenvalue weighted by molar-refractivity contribution is 0.378. The Morgan fingerprint density at radius 1 is 1.25 bits per heavy atom. The lowest BCUT2D eigenvalue weighted by Crippen LogP contribution is -1.95. The molecule has 0 fully saturated rings. The first-order chi connectivity index (χ1) is 7.84. The van der Waals surface area contributed by atoms with E-state index in [1.807, 2.05) is 36.5 Å². The smallest absolute Gasteiger partial charge is 0.156 e. The van der Waals surface area contributed by atoms with Crippen LogP contribution in [0.15, 0.2) is 47.2 Å². The average molecular weight is 233 g/mol. The van der Waals surface area contributed by atoms with E-state index < -0.39 is 0 Å². The molecule has 0 radical (unpaired) electrons. The molecule has 0 amide bonds. The summed E-state index contributed by atoms with van der Waals surface area (Å²) in [5, 5.41) is 5.52. The van der Waals surface area contributed by atoms with Crippen LogP contribution in [0.25, 0.3) is 10.9 Å². The van der Waals surface area contributed by atoms with Gasteiger partial charge in [0.05, 0.1) is 12.7 Å². The van der Waals surface area contributed by atoms with E-state index in [0.29, 0.717) is 6.54 Å². The summed E-state index contributed by atoms with van der Waals surface area (Å²) in [5.74, 6) is 0.831. The summed E-state index contributed by atoms with van der Waals surface area (Å²) in [6.45, 7) is 0.670. The van der Waals surface area contributed by atoms with Crippen molar-refractivity contribution in [2.24, 2.45) is 0 Å². The van der Waals surface area contributed by atoms with Crippen LogP contribution in [-0.2, 0) is 6.54 Å². The fraction of sp³-hybridized carbons (Fsp3) is 0.0833. The predicted molar refractivity (Wildman–Crippen MR) is 62.6 cm³/mol. The molecule has 0 saturated heterocycles. The first kappa shape index (κ1) is 9.48. The predicted octanol–water partition coefficient (Wildman–Crippen LogP) is 3.33. The summed E-state index contributed by atoms with van der Waals surface area (Å²) < 4.78 is 7.17. The summed E-state index contributed by atoms with van der Waals surface area (Å²) in [5.41, 5.74) is 1.10. The van der Waals surface area contributed by atoms with Crippen molar-refractivity contribution in [1.82, 2.24) is 9.72 Å². The normalized spacial score (nSPS) is 11.1. The maximum absolute atomic E-state index is 6.10. The van der Waals surface area contributed by atoms with Crippen LogP contribution in [0.1, 0.15) is 5.76 Å². The minimum absolute atomic E-state index is 0.670. The van der Waals surface area contributed by atoms with Crippen LogP contribution in [0.4, 0.5) is 0 Å². The number of benzene rings is 1. The van der Waals surface area contributed by atoms with Crippen molar-refractivity contribution in [3.8, 4) is 0 Å². The molecule has 0 aliphatic rings. The minimum atomic E-state index is 0.670. The molecule has 3 aromatic rings. The Kier molecular flexibility index (Phi) is 2.18. The van der Waals surface area contributed by atoms with Crippen molar-refractivity contribution in [2.75, 3.05) is 0 Å². The Hall–Kier alpha value is -1.74. The van der Waals surface area contributed by atoms with Gasteiger partial charge in [-0.25, -0.2) is 0 Å². The largest absolute Gasteiger partial charge is 0.359 e. The van der Waals surface area contributed by atoms with Crippen LogP contribution in [0.5, 0.6) is 0 Å². The van der Waals surface area contributed by atoms with Crippen molar-refractivity contribution < 1.29 is 4.52 Å². The second-order valence-corrected chi connectivity index (χ2v) is 4.00. The number of hydrogen-bond donors (Lipinski definition) is 0. The van der Waals surface area contributed by atoms with Crippen molar-refractivity contribution in [3.63, 3.8) is 0 Å². The highest BCUT2D eigenvalue weighted by Gasteiger charge is 2.05. The minimum Gasteiger partial charge on any atom is -0.359 e. The van der Waals surface area contributed by atoms with E-state index in [9.17, 15) is 0 Å². The van der Waals surface area contributed by atoms with Gasteiger partial charge in [0, 0.05) is 28.2 Å². The molecule has 0 aliphatic heterocycles. The van der Waals surface area contributed by atoms with Crippen LogP contribution < -0.4 is 0 Å². The third-order valence-corrected chi connectivity index (χ3v) is 2.91. The molecule has 2 aromatic heterocycles. The van der Waals surface area contributed by atoms with Crippen molar-refractivity contribution >= 4 is 22.5 Å². The lowest BCUT2D eigenvalue weighted by atomic mass is 10.2. The van der Waals surface area contributed by atoms with E-state index in [2.05, 4.69) is 9.72 Å². The van der Waals surface area contributed by atoms with Gasteiger partial charge in [-0.05, 0) is 18.2 Å². The summed E-state index contributed by atoms with van der Waals surface area (Å²) >= 11 is 6.10. The molecule has 0 bridgehead atoms. The van der Waals surface area contributed by atoms with Gasteiger partial charge >= 0.3 is 0 Å². The van der Waals surface area contributed by atoms with Crippen molar-refractivity contribution in [1.29, 1.82) is 0 Å². The quantitative estimate of drug-likeness (QED) is 0.679. The van der Waals surface area contributed by atoms with Gasteiger partial charge < -0.3 is 9.09 Å². The molecule has 0 aliphatic carbocycles. The molecule has 0 atom stereocenters. The van der Waals surface area contributed by atoms with E-state index in [1.54, 1.807) is 6.20 Å². The Morgan fingerprint density at radius 2 is 2.19 bits per heavy atom. The molecule has 0 unspecified atom stereocenters. The van der Waals surface area contributed by atoms with Crippen LogP contribution in [0.3, 0.4) is 0 Å². The average Bonchev–Trinajstić information content (AvgIpc) is 2.90. The van der Waals surface area contributed by atoms with Gasteiger partial charge in [0.25, 0.3) is 0 Å². The molecular weight excluding hydrogens is 224 g/mol. The number of rotatable bonds is 2. The lowest BCUT2D eigenvalue weighted by Gasteiger charge is -2.02. The van der Waals surface area contributed by atoms with Crippen LogP contribution in [0.2, 0.25) is 5.02 Å². The second-order valence-electron chi connectivity index (χ2n) is 3.60. The molecule has 3 rings (SSSR count). The van der Waals surface area contributed by atoms with Gasteiger partial charge in [0.1, 0.15) is 0 Å². The Bertz CT molecular complexity index is 613. The van der Waals surface area contributed by atoms with Crippen molar-refractivity contribution in [2.45, 2.75) is 6.54 Å². The van der Waals surface area contributed by atoms with E-state index in [1.165, 1.54) is 0 Å². The van der Waals surface area contributed by atoms with Gasteiger partial charge in [-0.2, -0.15) is 0 Å². The van der Waals surface area contributed by atoms with E-state index in [4.69, 9.17) is 16.1 Å². The maximum Gasteiger partial charge on any atom is 0.156 e. The van der Waals surface area contributed by atoms with Crippen LogP contribution >= 0.6 is 11.6 Å². The fourth-order valence-corrected chi connectivity index (χ4v) is 2.05. The zero-order chi connectivity index (χ0) is 11.0. The van der Waals surface area contributed by atoms with Gasteiger partial charge in [0.15, 0.2) is 5.76 Å². The van der Waals surface area contributed by atoms with Crippen LogP contribution in [-0.4, -0.2) is 9.72 Å². The fourth-order valence-electron chi connectivity index (χ4n) is 1.82. The number of halogens is 1. The topological polar surface area (TPSA) is 31.0 Å². The molecule has 1 aromatic carbocycles. The monoisotopic (exact) mass is 232 g/mol. The first-order valence-electron chi connectivity index (χ1n) is 4.97. The Labute approximate surface area is 97.2 Å². The standard InChI is InChI=1S/C12H9ClN2O/c13-11-2-1-3-12-10(11)5-7-15(12)8-9-4-6-14-16-9/h1-7H,8H2. The zero-order valence-corrected chi connectivity index (χ0v) is 9.19. The summed E-state index contributed by atoms with van der Waals surface area (Å²) in [6.07, 6.45) is 3.65. The molecule has 3 nitrogen and oxygen atoms in total. The molecule has 2 heterocycles. The summed E-state index contributed by atoms with van der Waals surface area (Å²) in [4.78, 5) is 0. The molecule has 80 valence electrons. The van der Waals surface area contributed by atoms with Gasteiger partial charge in [-0.1, -0.05) is 22.8 Å². The molecule has 16 heavy (non-hydrogen) atoms. The van der Waals surface area contributed by atoms with E-state index in [0.717, 1.165) is 21.7 Å². The highest BCUT2D eigenvalue weighted by Crippen LogP contribution is 2.24. The SMILES string of the molecule is Clc1cccc2c1ccn2Cc1ccno1. The maximum atomic E-state index is 6.10. The number of fused-ring (bicyclic) bond motifs is 1. The molecule has 4 heteroatoms. The van der Waals surface area contributed by atoms with E-state index in [-0.39, 0.29) is 0 Å². The zero-order valence-electron chi connectivity index (χ0n) is 8.43. The molecule has 0 saturated carbocycles. The number of aromatic nitrogens is 2. The highest BCUT2D eigenvalue weighted by atomic mass is 35.5. The molecule has 0 spiro atoms. The van der Waals surface area contributed by atoms with Crippen molar-refractivity contribution in [3.05, 3.63) is 53.5 Å². The Balaban J connectivity index is 2.08. The van der Waals surface area contributed by atoms with Gasteiger partial charge in [-0.3, -0.25) is 0 Å². The molecular formula is C12H9ClN2O. The summed E-state index contributed by atoms with van der Waals surface area (Å²) in [6, 6.07) is 9.74. The van der Waals surface area contributed by atoms with E-state index >= 15 is 0 Å². The first-order valence-corrected chi connectivity index (χ1v) is 5.35. The van der Waals surface area contributed by atoms with Crippen LogP contribution in [0, 0.1) is 0 Å². The van der Waals surface area contributed by atoms with Gasteiger partial charge in [-0.15, -0.1) is 0 Å². The third kappa shape index (κ3) is 1.49. The van der Waals surface area contributed by atoms with Gasteiger partial charge in [0.2, 0.25) is 0 Å². The number of nitrogens with zero attached hydrogens (tertiary/aromatic N) is 2. The molecule has 0 N–H and O–H groups in total. The third-order valence-electron chi connectivity index (χ3n) is 2.58. The summed E-state index contributed by atoms with van der Waals surface area (Å²) in [7, 11) is 0. The Morgan fingerprint density at radius 3 is 3.00 bits per heavy atom. The highest BCUT2D eigenvalue weighted by molar-refractivity contribution is 6.35.